The van der Waals surface area contributed by atoms with Crippen LogP contribution in [-0.4, -0.2) is 51.6 Å². The predicted octanol–water partition coefficient (Wildman–Crippen LogP) is 3.07. The van der Waals surface area contributed by atoms with Crippen molar-refractivity contribution in [2.75, 3.05) is 25.2 Å². The predicted molar refractivity (Wildman–Crippen MR) is 114 cm³/mol. The number of hydrogen-bond acceptors (Lipinski definition) is 5. The van der Waals surface area contributed by atoms with Crippen LogP contribution < -0.4 is 0 Å². The van der Waals surface area contributed by atoms with Crippen LogP contribution >= 0.6 is 0 Å². The van der Waals surface area contributed by atoms with Crippen LogP contribution in [0.5, 0.6) is 0 Å². The topological polar surface area (TPSA) is 101 Å². The second kappa shape index (κ2) is 12.8. The number of benzene rings is 1. The number of aliphatic hydroxyl groups excluding tert-OH is 1. The van der Waals surface area contributed by atoms with Gasteiger partial charge in [-0.25, -0.2) is 0 Å². The number of carbonyl (C=O) groups is 2. The van der Waals surface area contributed by atoms with Crippen LogP contribution in [-0.2, 0) is 37.0 Å². The smallest absolute Gasteiger partial charge is 0.313 e. The molecule has 0 aliphatic heterocycles. The van der Waals surface area contributed by atoms with Gasteiger partial charge in [0.25, 0.3) is 0 Å². The van der Waals surface area contributed by atoms with E-state index < -0.39 is 22.2 Å². The van der Waals surface area contributed by atoms with E-state index in [4.69, 9.17) is 9.84 Å². The molecule has 29 heavy (non-hydrogen) atoms. The molecule has 0 fully saturated rings. The summed E-state index contributed by atoms with van der Waals surface area (Å²) in [4.78, 5) is 23.6. The molecule has 0 aliphatic carbocycles. The number of ether oxygens (including phenoxy) is 1. The number of rotatable bonds is 14. The summed E-state index contributed by atoms with van der Waals surface area (Å²) in [5, 5.41) is 18.7. The molecule has 0 heterocycles. The number of aryl methyl sites for hydroxylation is 1. The van der Waals surface area contributed by atoms with E-state index in [0.29, 0.717) is 30.8 Å². The number of aliphatic carboxylic acids is 1. The van der Waals surface area contributed by atoms with Gasteiger partial charge in [-0.15, -0.1) is 0 Å². The Balaban J connectivity index is 2.71. The van der Waals surface area contributed by atoms with Gasteiger partial charge in [-0.2, -0.15) is 0 Å². The van der Waals surface area contributed by atoms with Gasteiger partial charge in [-0.3, -0.25) is 13.8 Å². The second-order valence-electron chi connectivity index (χ2n) is 7.68. The molecule has 0 aliphatic rings. The largest absolute Gasteiger partial charge is 0.481 e. The van der Waals surface area contributed by atoms with Crippen LogP contribution in [0, 0.1) is 5.92 Å². The molecular formula is C22H34O6S. The van der Waals surface area contributed by atoms with E-state index in [0.717, 1.165) is 30.4 Å². The third kappa shape index (κ3) is 8.26. The number of esters is 1. The van der Waals surface area contributed by atoms with Crippen LogP contribution in [0.3, 0.4) is 0 Å². The fourth-order valence-electron chi connectivity index (χ4n) is 3.27. The molecule has 2 N–H and O–H groups in total. The average Bonchev–Trinajstić information content (AvgIpc) is 2.71. The number of methoxy groups -OCH3 is 1. The van der Waals surface area contributed by atoms with Gasteiger partial charge in [0.05, 0.1) is 25.0 Å². The van der Waals surface area contributed by atoms with Crippen LogP contribution in [0.1, 0.15) is 57.1 Å². The lowest BCUT2D eigenvalue weighted by Gasteiger charge is -2.26. The van der Waals surface area contributed by atoms with Crippen molar-refractivity contribution >= 4 is 22.7 Å². The standard InChI is InChI=1S/C22H34O6S/c1-17(20(24)28-3)10-11-18-8-7-9-19(16-18)22(2,21(25)26)12-5-4-6-14-29(27)15-13-23/h7-9,16-17,23H,4-6,10-15H2,1-3H3,(H,25,26)/t17-,22?,29?/m0/s1. The van der Waals surface area contributed by atoms with Gasteiger partial charge in [-0.1, -0.05) is 44.0 Å². The summed E-state index contributed by atoms with van der Waals surface area (Å²) in [5.41, 5.74) is 0.774. The number of carboxylic acids is 1. The zero-order chi connectivity index (χ0) is 21.9. The first kappa shape index (κ1) is 25.3. The average molecular weight is 427 g/mol. The lowest BCUT2D eigenvalue weighted by atomic mass is 9.77. The first-order valence-corrected chi connectivity index (χ1v) is 11.6. The van der Waals surface area contributed by atoms with Crippen molar-refractivity contribution in [1.29, 1.82) is 0 Å². The van der Waals surface area contributed by atoms with E-state index in [-0.39, 0.29) is 18.5 Å². The number of unbranched alkanes of at least 4 members (excludes halogenated alkanes) is 2. The van der Waals surface area contributed by atoms with Crippen molar-refractivity contribution in [1.82, 2.24) is 0 Å². The molecule has 0 radical (unpaired) electrons. The molecule has 3 atom stereocenters. The number of carbonyl (C=O) groups excluding carboxylic acids is 1. The maximum atomic E-state index is 12.0. The van der Waals surface area contributed by atoms with Crippen molar-refractivity contribution in [3.05, 3.63) is 35.4 Å². The SMILES string of the molecule is COC(=O)[C@@H](C)CCc1cccc(C(C)(CCCCCS(=O)CCO)C(=O)O)c1. The Labute approximate surface area is 176 Å². The maximum absolute atomic E-state index is 12.0. The Kier molecular flexibility index (Phi) is 11.1. The molecule has 2 unspecified atom stereocenters. The summed E-state index contributed by atoms with van der Waals surface area (Å²) < 4.78 is 16.3. The molecule has 0 bridgehead atoms. The van der Waals surface area contributed by atoms with Gasteiger partial charge in [0.15, 0.2) is 0 Å². The summed E-state index contributed by atoms with van der Waals surface area (Å²) in [7, 11) is 0.375. The zero-order valence-electron chi connectivity index (χ0n) is 17.7. The Bertz CT molecular complexity index is 690. The number of carboxylic acid groups (broad SMARTS) is 1. The third-order valence-electron chi connectivity index (χ3n) is 5.37. The molecule has 0 amide bonds. The van der Waals surface area contributed by atoms with Crippen molar-refractivity contribution < 1.29 is 28.7 Å². The molecule has 7 heteroatoms. The van der Waals surface area contributed by atoms with Gasteiger partial charge in [0.2, 0.25) is 0 Å². The Morgan fingerprint density at radius 2 is 1.93 bits per heavy atom. The van der Waals surface area contributed by atoms with Gasteiger partial charge in [0.1, 0.15) is 0 Å². The highest BCUT2D eigenvalue weighted by Crippen LogP contribution is 2.31. The summed E-state index contributed by atoms with van der Waals surface area (Å²) in [6.07, 6.45) is 4.10. The van der Waals surface area contributed by atoms with E-state index in [2.05, 4.69) is 0 Å². The highest BCUT2D eigenvalue weighted by atomic mass is 32.2. The van der Waals surface area contributed by atoms with Crippen LogP contribution in [0.2, 0.25) is 0 Å². The van der Waals surface area contributed by atoms with E-state index in [1.807, 2.05) is 31.2 Å². The summed E-state index contributed by atoms with van der Waals surface area (Å²) in [6, 6.07) is 7.59. The molecular weight excluding hydrogens is 392 g/mol. The van der Waals surface area contributed by atoms with Crippen molar-refractivity contribution in [3.63, 3.8) is 0 Å². The highest BCUT2D eigenvalue weighted by molar-refractivity contribution is 7.84. The molecule has 0 saturated heterocycles. The summed E-state index contributed by atoms with van der Waals surface area (Å²) in [6.45, 7) is 3.50. The molecule has 1 aromatic carbocycles. The summed E-state index contributed by atoms with van der Waals surface area (Å²) in [5.74, 6) is -0.462. The fraction of sp³-hybridized carbons (Fsp3) is 0.636. The van der Waals surface area contributed by atoms with Gasteiger partial charge >= 0.3 is 11.9 Å². The fourth-order valence-corrected chi connectivity index (χ4v) is 4.20. The van der Waals surface area contributed by atoms with Crippen molar-refractivity contribution in [2.45, 2.75) is 57.8 Å². The molecule has 1 aromatic rings. The van der Waals surface area contributed by atoms with Gasteiger partial charge in [0, 0.05) is 22.3 Å². The Hall–Kier alpha value is -1.73. The molecule has 0 aromatic heterocycles. The first-order valence-electron chi connectivity index (χ1n) is 10.1. The highest BCUT2D eigenvalue weighted by Gasteiger charge is 2.34. The second-order valence-corrected chi connectivity index (χ2v) is 9.38. The minimum atomic E-state index is -1.00. The van der Waals surface area contributed by atoms with Crippen molar-refractivity contribution in [2.24, 2.45) is 5.92 Å². The van der Waals surface area contributed by atoms with Gasteiger partial charge < -0.3 is 14.9 Å². The van der Waals surface area contributed by atoms with E-state index in [9.17, 15) is 18.9 Å². The third-order valence-corrected chi connectivity index (χ3v) is 6.76. The molecule has 164 valence electrons. The van der Waals surface area contributed by atoms with E-state index >= 15 is 0 Å². The van der Waals surface area contributed by atoms with Crippen LogP contribution in [0.15, 0.2) is 24.3 Å². The Morgan fingerprint density at radius 3 is 2.55 bits per heavy atom. The summed E-state index contributed by atoms with van der Waals surface area (Å²) >= 11 is 0. The lowest BCUT2D eigenvalue weighted by molar-refractivity contribution is -0.145. The molecule has 6 nitrogen and oxygen atoms in total. The molecule has 0 saturated carbocycles. The first-order chi connectivity index (χ1) is 13.7. The van der Waals surface area contributed by atoms with Crippen LogP contribution in [0.25, 0.3) is 0 Å². The minimum Gasteiger partial charge on any atom is -0.481 e. The zero-order valence-corrected chi connectivity index (χ0v) is 18.5. The molecule has 0 spiro atoms. The molecule has 1 rings (SSSR count). The monoisotopic (exact) mass is 426 g/mol. The van der Waals surface area contributed by atoms with E-state index in [1.165, 1.54) is 7.11 Å². The Morgan fingerprint density at radius 1 is 1.21 bits per heavy atom. The normalized spacial score (nSPS) is 15.3. The lowest BCUT2D eigenvalue weighted by Crippen LogP contribution is -2.32. The maximum Gasteiger partial charge on any atom is 0.313 e. The van der Waals surface area contributed by atoms with Crippen molar-refractivity contribution in [3.8, 4) is 0 Å². The number of aliphatic hydroxyl groups is 1. The van der Waals surface area contributed by atoms with E-state index in [1.54, 1.807) is 6.92 Å². The quantitative estimate of drug-likeness (QED) is 0.350. The van der Waals surface area contributed by atoms with Crippen LogP contribution in [0.4, 0.5) is 0 Å². The minimum absolute atomic E-state index is 0.0710. The van der Waals surface area contributed by atoms with Gasteiger partial charge in [-0.05, 0) is 43.7 Å². The number of hydrogen-bond donors (Lipinski definition) is 2.